The van der Waals surface area contributed by atoms with Gasteiger partial charge in [-0.15, -0.1) is 0 Å². The highest BCUT2D eigenvalue weighted by Crippen LogP contribution is 2.29. The zero-order valence-corrected chi connectivity index (χ0v) is 12.0. The van der Waals surface area contributed by atoms with Crippen LogP contribution in [0.5, 0.6) is 0 Å². The fraction of sp³-hybridized carbons (Fsp3) is 0.182. The minimum Gasteiger partial charge on any atom is -0.365 e. The molecule has 0 aliphatic rings. The van der Waals surface area contributed by atoms with Gasteiger partial charge < -0.3 is 5.32 Å². The van der Waals surface area contributed by atoms with Crippen LogP contribution in [0, 0.1) is 6.92 Å². The van der Waals surface area contributed by atoms with Crippen LogP contribution in [0.25, 0.3) is 0 Å². The maximum absolute atomic E-state index is 6.02. The highest BCUT2D eigenvalue weighted by atomic mass is 35.5. The summed E-state index contributed by atoms with van der Waals surface area (Å²) >= 11 is 19.3. The molecule has 0 saturated carbocycles. The number of hydrogen-bond donors (Lipinski definition) is 1. The molecule has 2 nitrogen and oxygen atoms in total. The summed E-state index contributed by atoms with van der Waals surface area (Å²) in [5.41, 5.74) is 2.47. The van der Waals surface area contributed by atoms with E-state index in [0.717, 1.165) is 0 Å². The minimum absolute atomic E-state index is 0.251. The third-order valence-electron chi connectivity index (χ3n) is 2.29. The number of aromatic nitrogens is 1. The van der Waals surface area contributed by atoms with E-state index in [4.69, 9.17) is 34.8 Å². The van der Waals surface area contributed by atoms with Crippen LogP contribution >= 0.6 is 46.1 Å². The van der Waals surface area contributed by atoms with Crippen LogP contribution in [0.2, 0.25) is 15.2 Å². The van der Waals surface area contributed by atoms with E-state index in [2.05, 4.69) is 28.0 Å². The fourth-order valence-corrected chi connectivity index (χ4v) is 2.74. The Labute approximate surface area is 119 Å². The first kappa shape index (κ1) is 13.0. The zero-order chi connectivity index (χ0) is 12.4. The lowest BCUT2D eigenvalue weighted by Gasteiger charge is -2.08. The molecule has 0 amide bonds. The Morgan fingerprint density at radius 2 is 2.00 bits per heavy atom. The lowest BCUT2D eigenvalue weighted by atomic mass is 10.2. The maximum Gasteiger partial charge on any atom is 0.150 e. The predicted octanol–water partition coefficient (Wildman–Crippen LogP) is 5.02. The van der Waals surface area contributed by atoms with Gasteiger partial charge >= 0.3 is 0 Å². The number of pyridine rings is 1. The monoisotopic (exact) mass is 306 g/mol. The zero-order valence-electron chi connectivity index (χ0n) is 8.93. The topological polar surface area (TPSA) is 24.9 Å². The molecule has 2 aromatic rings. The molecular formula is C11H9Cl3N2S. The van der Waals surface area contributed by atoms with E-state index in [1.807, 2.05) is 0 Å². The molecule has 17 heavy (non-hydrogen) atoms. The summed E-state index contributed by atoms with van der Waals surface area (Å²) in [7, 11) is 0. The Balaban J connectivity index is 2.14. The van der Waals surface area contributed by atoms with Gasteiger partial charge in [0.05, 0.1) is 10.0 Å². The summed E-state index contributed by atoms with van der Waals surface area (Å²) in [6, 6.07) is 1.58. The molecule has 0 unspecified atom stereocenters. The summed E-state index contributed by atoms with van der Waals surface area (Å²) in [6.07, 6.45) is 0. The van der Waals surface area contributed by atoms with Crippen molar-refractivity contribution in [3.63, 3.8) is 0 Å². The number of nitrogens with one attached hydrogen (secondary N) is 1. The molecule has 1 N–H and O–H groups in total. The van der Waals surface area contributed by atoms with Gasteiger partial charge in [-0.05, 0) is 34.9 Å². The number of hydrogen-bond acceptors (Lipinski definition) is 3. The van der Waals surface area contributed by atoms with Crippen molar-refractivity contribution in [1.82, 2.24) is 4.98 Å². The molecule has 2 heterocycles. The molecule has 0 spiro atoms. The van der Waals surface area contributed by atoms with Crippen molar-refractivity contribution >= 4 is 52.0 Å². The first-order chi connectivity index (χ1) is 8.08. The smallest absolute Gasteiger partial charge is 0.150 e. The second-order valence-electron chi connectivity index (χ2n) is 3.53. The lowest BCUT2D eigenvalue weighted by molar-refractivity contribution is 1.10. The van der Waals surface area contributed by atoms with E-state index >= 15 is 0 Å². The summed E-state index contributed by atoms with van der Waals surface area (Å²) in [5, 5.41) is 8.41. The number of nitrogens with zero attached hydrogens (tertiary/aromatic N) is 1. The first-order valence-electron chi connectivity index (χ1n) is 4.85. The molecule has 2 rings (SSSR count). The molecular weight excluding hydrogens is 299 g/mol. The molecule has 0 bridgehead atoms. The molecule has 90 valence electrons. The summed E-state index contributed by atoms with van der Waals surface area (Å²) in [4.78, 5) is 4.10. The van der Waals surface area contributed by atoms with Crippen molar-refractivity contribution in [3.05, 3.63) is 43.2 Å². The van der Waals surface area contributed by atoms with Crippen molar-refractivity contribution in [2.75, 3.05) is 5.32 Å². The number of halogens is 3. The van der Waals surface area contributed by atoms with Gasteiger partial charge in [-0.1, -0.05) is 34.8 Å². The Kier molecular flexibility index (Phi) is 4.15. The highest BCUT2D eigenvalue weighted by Gasteiger charge is 2.08. The van der Waals surface area contributed by atoms with E-state index in [0.29, 0.717) is 22.4 Å². The molecule has 2 aromatic heterocycles. The van der Waals surface area contributed by atoms with Crippen molar-refractivity contribution in [3.8, 4) is 0 Å². The van der Waals surface area contributed by atoms with E-state index < -0.39 is 0 Å². The van der Waals surface area contributed by atoms with Crippen LogP contribution in [0.15, 0.2) is 16.8 Å². The van der Waals surface area contributed by atoms with Crippen molar-refractivity contribution in [2.24, 2.45) is 0 Å². The van der Waals surface area contributed by atoms with Crippen molar-refractivity contribution in [2.45, 2.75) is 13.5 Å². The summed E-state index contributed by atoms with van der Waals surface area (Å²) in [6.45, 7) is 2.73. The molecule has 0 aromatic carbocycles. The molecule has 0 aliphatic carbocycles. The first-order valence-corrected chi connectivity index (χ1v) is 6.92. The van der Waals surface area contributed by atoms with Gasteiger partial charge in [0.2, 0.25) is 0 Å². The van der Waals surface area contributed by atoms with Crippen LogP contribution in [-0.2, 0) is 6.54 Å². The van der Waals surface area contributed by atoms with E-state index in [1.54, 1.807) is 17.4 Å². The van der Waals surface area contributed by atoms with Crippen LogP contribution in [0.1, 0.15) is 11.1 Å². The van der Waals surface area contributed by atoms with E-state index in [9.17, 15) is 0 Å². The maximum atomic E-state index is 6.02. The summed E-state index contributed by atoms with van der Waals surface area (Å²) < 4.78 is 0. The number of rotatable bonds is 3. The Morgan fingerprint density at radius 1 is 1.24 bits per heavy atom. The minimum atomic E-state index is 0.251. The van der Waals surface area contributed by atoms with Gasteiger partial charge in [0.25, 0.3) is 0 Å². The largest absolute Gasteiger partial charge is 0.365 e. The number of anilines is 1. The van der Waals surface area contributed by atoms with Gasteiger partial charge in [0.1, 0.15) is 11.0 Å². The van der Waals surface area contributed by atoms with Crippen LogP contribution < -0.4 is 5.32 Å². The standard InChI is InChI=1S/C11H9Cl3N2S/c1-6-4-17-5-7(6)3-15-11-9(13)2-8(12)10(14)16-11/h2,4-5H,3H2,1H3,(H,15,16). The van der Waals surface area contributed by atoms with Crippen molar-refractivity contribution < 1.29 is 0 Å². The number of aryl methyl sites for hydroxylation is 1. The quantitative estimate of drug-likeness (QED) is 0.805. The van der Waals surface area contributed by atoms with E-state index in [-0.39, 0.29) is 5.15 Å². The average molecular weight is 308 g/mol. The van der Waals surface area contributed by atoms with Gasteiger partial charge in [0, 0.05) is 6.54 Å². The molecule has 0 radical (unpaired) electrons. The number of thiophene rings is 1. The van der Waals surface area contributed by atoms with Gasteiger partial charge in [-0.2, -0.15) is 11.3 Å². The molecule has 0 fully saturated rings. The normalized spacial score (nSPS) is 10.6. The molecule has 0 aliphatic heterocycles. The van der Waals surface area contributed by atoms with Gasteiger partial charge in [0.15, 0.2) is 0 Å². The third kappa shape index (κ3) is 3.05. The Bertz CT molecular complexity index is 540. The van der Waals surface area contributed by atoms with E-state index in [1.165, 1.54) is 11.1 Å². The van der Waals surface area contributed by atoms with Crippen molar-refractivity contribution in [1.29, 1.82) is 0 Å². The third-order valence-corrected chi connectivity index (χ3v) is 4.17. The Hall–Kier alpha value is -0.480. The van der Waals surface area contributed by atoms with Gasteiger partial charge in [-0.25, -0.2) is 4.98 Å². The van der Waals surface area contributed by atoms with Gasteiger partial charge in [-0.3, -0.25) is 0 Å². The molecule has 0 saturated heterocycles. The second-order valence-corrected chi connectivity index (χ2v) is 5.44. The summed E-state index contributed by atoms with van der Waals surface area (Å²) in [5.74, 6) is 0.548. The van der Waals surface area contributed by atoms with Crippen LogP contribution in [0.3, 0.4) is 0 Å². The molecule has 6 heteroatoms. The second kappa shape index (κ2) is 5.44. The SMILES string of the molecule is Cc1cscc1CNc1nc(Cl)c(Cl)cc1Cl. The fourth-order valence-electron chi connectivity index (χ4n) is 1.31. The molecule has 0 atom stereocenters. The predicted molar refractivity (Wildman–Crippen MR) is 75.6 cm³/mol. The lowest BCUT2D eigenvalue weighted by Crippen LogP contribution is -2.02. The highest BCUT2D eigenvalue weighted by molar-refractivity contribution is 7.08. The van der Waals surface area contributed by atoms with Crippen LogP contribution in [0.4, 0.5) is 5.82 Å². The average Bonchev–Trinajstić information content (AvgIpc) is 2.68. The van der Waals surface area contributed by atoms with Crippen LogP contribution in [-0.4, -0.2) is 4.98 Å². The Morgan fingerprint density at radius 3 is 2.65 bits per heavy atom.